The van der Waals surface area contributed by atoms with Crippen molar-refractivity contribution in [2.45, 2.75) is 52.9 Å². The summed E-state index contributed by atoms with van der Waals surface area (Å²) >= 11 is 0. The second kappa shape index (κ2) is 8.24. The van der Waals surface area contributed by atoms with Gasteiger partial charge in [-0.2, -0.15) is 10.2 Å². The van der Waals surface area contributed by atoms with E-state index in [9.17, 15) is 8.78 Å². The van der Waals surface area contributed by atoms with Gasteiger partial charge in [0.15, 0.2) is 0 Å². The minimum atomic E-state index is -2.38. The van der Waals surface area contributed by atoms with Gasteiger partial charge in [-0.25, -0.2) is 8.78 Å². The summed E-state index contributed by atoms with van der Waals surface area (Å²) in [6.45, 7) is 7.09. The third kappa shape index (κ3) is 4.78. The van der Waals surface area contributed by atoms with Gasteiger partial charge in [-0.3, -0.25) is 9.36 Å². The fourth-order valence-corrected chi connectivity index (χ4v) is 2.22. The lowest BCUT2D eigenvalue weighted by molar-refractivity contribution is 0.121. The second-order valence-corrected chi connectivity index (χ2v) is 5.32. The zero-order valence-corrected chi connectivity index (χ0v) is 13.8. The highest BCUT2D eigenvalue weighted by molar-refractivity contribution is 5.85. The maximum Gasteiger partial charge on any atom is 0.257 e. The van der Waals surface area contributed by atoms with Crippen molar-refractivity contribution >= 4 is 12.4 Å². The fraction of sp³-hybridized carbons (Fsp3) is 0.571. The molecule has 0 spiro atoms. The Morgan fingerprint density at radius 2 is 2.00 bits per heavy atom. The molecule has 5 nitrogen and oxygen atoms in total. The lowest BCUT2D eigenvalue weighted by Crippen LogP contribution is -2.15. The fourth-order valence-electron chi connectivity index (χ4n) is 2.22. The molecule has 0 aliphatic carbocycles. The monoisotopic (exact) mass is 333 g/mol. The molecular weight excluding hydrogens is 312 g/mol. The molecule has 2 aromatic rings. The first-order valence-electron chi connectivity index (χ1n) is 7.01. The van der Waals surface area contributed by atoms with E-state index in [-0.39, 0.29) is 19.0 Å². The normalized spacial score (nSPS) is 11.2. The quantitative estimate of drug-likeness (QED) is 0.847. The van der Waals surface area contributed by atoms with Gasteiger partial charge in [0.25, 0.3) is 6.43 Å². The second-order valence-electron chi connectivity index (χ2n) is 5.32. The summed E-state index contributed by atoms with van der Waals surface area (Å²) in [5.41, 5.74) is 3.03. The van der Waals surface area contributed by atoms with E-state index < -0.39 is 6.43 Å². The molecule has 0 aromatic carbocycles. The van der Waals surface area contributed by atoms with Crippen LogP contribution in [0, 0.1) is 6.92 Å². The van der Waals surface area contributed by atoms with Crippen molar-refractivity contribution in [3.8, 4) is 0 Å². The van der Waals surface area contributed by atoms with Gasteiger partial charge in [-0.05, 0) is 26.8 Å². The number of halogens is 3. The number of hydrogen-bond donors (Lipinski definition) is 1. The summed E-state index contributed by atoms with van der Waals surface area (Å²) in [6, 6.07) is 2.09. The SMILES string of the molecule is Cc1c(CNCc2ccn(CC(F)F)n2)cnn1C(C)C.Cl. The molecule has 22 heavy (non-hydrogen) atoms. The predicted octanol–water partition coefficient (Wildman–Crippen LogP) is 2.95. The van der Waals surface area contributed by atoms with Crippen molar-refractivity contribution in [2.24, 2.45) is 0 Å². The summed E-state index contributed by atoms with van der Waals surface area (Å²) in [5, 5.41) is 11.7. The van der Waals surface area contributed by atoms with Gasteiger partial charge in [0, 0.05) is 36.6 Å². The van der Waals surface area contributed by atoms with Gasteiger partial charge in [-0.1, -0.05) is 0 Å². The van der Waals surface area contributed by atoms with Crippen LogP contribution in [0.1, 0.15) is 36.8 Å². The van der Waals surface area contributed by atoms with Crippen LogP contribution in [0.5, 0.6) is 0 Å². The molecule has 0 bridgehead atoms. The minimum absolute atomic E-state index is 0. The van der Waals surface area contributed by atoms with E-state index in [1.807, 2.05) is 17.8 Å². The molecule has 2 aromatic heterocycles. The highest BCUT2D eigenvalue weighted by Crippen LogP contribution is 2.12. The van der Waals surface area contributed by atoms with Crippen LogP contribution in [0.3, 0.4) is 0 Å². The van der Waals surface area contributed by atoms with E-state index in [4.69, 9.17) is 0 Å². The van der Waals surface area contributed by atoms with E-state index >= 15 is 0 Å². The Balaban J connectivity index is 0.00000242. The van der Waals surface area contributed by atoms with Crippen LogP contribution in [-0.2, 0) is 19.6 Å². The summed E-state index contributed by atoms with van der Waals surface area (Å²) < 4.78 is 27.7. The standard InChI is InChI=1S/C14H21F2N5.ClH/c1-10(2)21-11(3)12(7-18-21)6-17-8-13-4-5-20(19-13)9-14(15)16;/h4-5,7,10,14,17H,6,8-9H2,1-3H3;1H. The largest absolute Gasteiger partial charge is 0.307 e. The number of rotatable bonds is 7. The molecule has 124 valence electrons. The first-order valence-corrected chi connectivity index (χ1v) is 7.01. The predicted molar refractivity (Wildman–Crippen MR) is 83.4 cm³/mol. The lowest BCUT2D eigenvalue weighted by atomic mass is 10.2. The van der Waals surface area contributed by atoms with Crippen molar-refractivity contribution in [3.63, 3.8) is 0 Å². The Kier molecular flexibility index (Phi) is 6.96. The maximum absolute atomic E-state index is 12.2. The Morgan fingerprint density at radius 1 is 1.27 bits per heavy atom. The molecule has 2 heterocycles. The summed E-state index contributed by atoms with van der Waals surface area (Å²) in [6.07, 6.45) is 1.05. The number of nitrogens with zero attached hydrogens (tertiary/aromatic N) is 4. The van der Waals surface area contributed by atoms with Crippen molar-refractivity contribution < 1.29 is 8.78 Å². The van der Waals surface area contributed by atoms with Gasteiger partial charge in [0.1, 0.15) is 6.54 Å². The summed E-state index contributed by atoms with van der Waals surface area (Å²) in [4.78, 5) is 0. The van der Waals surface area contributed by atoms with Crippen molar-refractivity contribution in [1.29, 1.82) is 0 Å². The molecule has 0 aliphatic rings. The van der Waals surface area contributed by atoms with Crippen LogP contribution in [-0.4, -0.2) is 26.0 Å². The average molecular weight is 334 g/mol. The Morgan fingerprint density at radius 3 is 2.59 bits per heavy atom. The van der Waals surface area contributed by atoms with Crippen LogP contribution < -0.4 is 5.32 Å². The third-order valence-electron chi connectivity index (χ3n) is 3.28. The zero-order chi connectivity index (χ0) is 15.4. The van der Waals surface area contributed by atoms with Gasteiger partial charge < -0.3 is 5.32 Å². The highest BCUT2D eigenvalue weighted by Gasteiger charge is 2.09. The van der Waals surface area contributed by atoms with E-state index in [0.717, 1.165) is 17.0 Å². The summed E-state index contributed by atoms with van der Waals surface area (Å²) in [5.74, 6) is 0. The Hall–Kier alpha value is -1.47. The minimum Gasteiger partial charge on any atom is -0.307 e. The molecule has 0 amide bonds. The molecule has 0 fully saturated rings. The molecule has 0 unspecified atom stereocenters. The van der Waals surface area contributed by atoms with Crippen LogP contribution in [0.15, 0.2) is 18.5 Å². The average Bonchev–Trinajstić information content (AvgIpc) is 2.97. The van der Waals surface area contributed by atoms with Crippen molar-refractivity contribution in [2.75, 3.05) is 0 Å². The maximum atomic E-state index is 12.2. The number of hydrogen-bond acceptors (Lipinski definition) is 3. The van der Waals surface area contributed by atoms with E-state index in [1.165, 1.54) is 4.68 Å². The molecule has 0 saturated carbocycles. The number of aromatic nitrogens is 4. The molecule has 0 atom stereocenters. The molecule has 1 N–H and O–H groups in total. The van der Waals surface area contributed by atoms with Gasteiger partial charge in [0.05, 0.1) is 11.9 Å². The molecule has 0 aliphatic heterocycles. The van der Waals surface area contributed by atoms with Gasteiger partial charge >= 0.3 is 0 Å². The van der Waals surface area contributed by atoms with E-state index in [1.54, 1.807) is 12.3 Å². The first-order chi connectivity index (χ1) is 9.97. The Labute approximate surface area is 135 Å². The topological polar surface area (TPSA) is 47.7 Å². The van der Waals surface area contributed by atoms with Gasteiger partial charge in [-0.15, -0.1) is 12.4 Å². The zero-order valence-electron chi connectivity index (χ0n) is 13.0. The lowest BCUT2D eigenvalue weighted by Gasteiger charge is -2.09. The van der Waals surface area contributed by atoms with Crippen molar-refractivity contribution in [3.05, 3.63) is 35.4 Å². The van der Waals surface area contributed by atoms with E-state index in [2.05, 4.69) is 29.4 Å². The third-order valence-corrected chi connectivity index (χ3v) is 3.28. The molecule has 0 saturated heterocycles. The summed E-state index contributed by atoms with van der Waals surface area (Å²) in [7, 11) is 0. The smallest absolute Gasteiger partial charge is 0.257 e. The van der Waals surface area contributed by atoms with Crippen LogP contribution in [0.25, 0.3) is 0 Å². The first kappa shape index (κ1) is 18.6. The molecule has 2 rings (SSSR count). The Bertz CT molecular complexity index is 580. The van der Waals surface area contributed by atoms with Crippen LogP contribution in [0.4, 0.5) is 8.78 Å². The molecule has 8 heteroatoms. The molecule has 0 radical (unpaired) electrons. The van der Waals surface area contributed by atoms with Crippen LogP contribution in [0.2, 0.25) is 0 Å². The van der Waals surface area contributed by atoms with Crippen molar-refractivity contribution in [1.82, 2.24) is 24.9 Å². The number of alkyl halides is 2. The van der Waals surface area contributed by atoms with Gasteiger partial charge in [0.2, 0.25) is 0 Å². The van der Waals surface area contributed by atoms with Crippen LogP contribution >= 0.6 is 12.4 Å². The number of nitrogens with one attached hydrogen (secondary N) is 1. The highest BCUT2D eigenvalue weighted by atomic mass is 35.5. The molecular formula is C14H22ClF2N5. The van der Waals surface area contributed by atoms with E-state index in [0.29, 0.717) is 19.1 Å².